The highest BCUT2D eigenvalue weighted by Crippen LogP contribution is 2.28. The van der Waals surface area contributed by atoms with E-state index in [2.05, 4.69) is 12.2 Å². The molecule has 1 fully saturated rings. The number of nitro groups is 1. The highest BCUT2D eigenvalue weighted by molar-refractivity contribution is 7.17. The summed E-state index contributed by atoms with van der Waals surface area (Å²) in [6.07, 6.45) is 4.15. The van der Waals surface area contributed by atoms with E-state index in [1.807, 2.05) is 0 Å². The number of rotatable bonds is 8. The van der Waals surface area contributed by atoms with Gasteiger partial charge in [-0.15, -0.1) is 12.4 Å². The van der Waals surface area contributed by atoms with Crippen molar-refractivity contribution in [1.29, 1.82) is 0 Å². The zero-order chi connectivity index (χ0) is 18.4. The molecule has 2 atom stereocenters. The van der Waals surface area contributed by atoms with E-state index >= 15 is 0 Å². The smallest absolute Gasteiger partial charge is 0.324 e. The fourth-order valence-electron chi connectivity index (χ4n) is 2.96. The summed E-state index contributed by atoms with van der Waals surface area (Å²) in [4.78, 5) is 37.3. The molecule has 8 nitrogen and oxygen atoms in total. The van der Waals surface area contributed by atoms with Crippen molar-refractivity contribution in [2.24, 2.45) is 5.73 Å². The van der Waals surface area contributed by atoms with Crippen LogP contribution in [0.1, 0.15) is 48.7 Å². The third-order valence-corrected chi connectivity index (χ3v) is 5.36. The van der Waals surface area contributed by atoms with Gasteiger partial charge in [0.2, 0.25) is 5.91 Å². The summed E-state index contributed by atoms with van der Waals surface area (Å²) < 4.78 is 0. The highest BCUT2D eigenvalue weighted by Gasteiger charge is 2.36. The van der Waals surface area contributed by atoms with Crippen molar-refractivity contribution in [3.05, 3.63) is 27.1 Å². The van der Waals surface area contributed by atoms with Crippen molar-refractivity contribution in [3.8, 4) is 0 Å². The topological polar surface area (TPSA) is 119 Å². The molecule has 1 aromatic rings. The summed E-state index contributed by atoms with van der Waals surface area (Å²) in [5, 5.41) is 13.6. The average Bonchev–Trinajstić information content (AvgIpc) is 3.27. The number of nitrogens with one attached hydrogen (secondary N) is 1. The molecule has 2 unspecified atom stereocenters. The van der Waals surface area contributed by atoms with Crippen LogP contribution < -0.4 is 11.1 Å². The van der Waals surface area contributed by atoms with Gasteiger partial charge in [0.25, 0.3) is 5.91 Å². The van der Waals surface area contributed by atoms with Crippen molar-refractivity contribution in [2.45, 2.75) is 51.1 Å². The second kappa shape index (κ2) is 10.4. The summed E-state index contributed by atoms with van der Waals surface area (Å²) >= 11 is 0.837. The van der Waals surface area contributed by atoms with E-state index in [9.17, 15) is 19.7 Å². The first-order valence-corrected chi connectivity index (χ1v) is 9.35. The number of hydrogen-bond acceptors (Lipinski definition) is 6. The molecule has 3 N–H and O–H groups in total. The van der Waals surface area contributed by atoms with E-state index in [4.69, 9.17) is 5.73 Å². The van der Waals surface area contributed by atoms with Gasteiger partial charge in [-0.05, 0) is 25.3 Å². The molecule has 26 heavy (non-hydrogen) atoms. The minimum Gasteiger partial charge on any atom is -0.350 e. The van der Waals surface area contributed by atoms with Crippen LogP contribution in [0.15, 0.2) is 12.1 Å². The lowest BCUT2D eigenvalue weighted by atomic mass is 10.1. The van der Waals surface area contributed by atoms with Gasteiger partial charge in [-0.25, -0.2) is 0 Å². The Bertz CT molecular complexity index is 640. The Morgan fingerprint density at radius 2 is 2.23 bits per heavy atom. The molecule has 2 heterocycles. The molecule has 0 radical (unpaired) electrons. The van der Waals surface area contributed by atoms with Gasteiger partial charge in [-0.3, -0.25) is 19.7 Å². The van der Waals surface area contributed by atoms with Crippen molar-refractivity contribution in [2.75, 3.05) is 13.1 Å². The second-order valence-corrected chi connectivity index (χ2v) is 7.20. The first-order valence-electron chi connectivity index (χ1n) is 8.53. The van der Waals surface area contributed by atoms with Crippen LogP contribution in [0.4, 0.5) is 5.00 Å². The third-order valence-electron chi connectivity index (χ3n) is 4.34. The van der Waals surface area contributed by atoms with Crippen LogP contribution in [0.3, 0.4) is 0 Å². The number of carbonyl (C=O) groups is 2. The molecule has 0 aliphatic carbocycles. The SMILES string of the molecule is CCCCC(CN)NC(=O)C1CCCN1C(=O)c1ccc([N+](=O)[O-])s1.Cl. The molecule has 0 spiro atoms. The molecular weight excluding hydrogens is 380 g/mol. The molecule has 2 amide bonds. The van der Waals surface area contributed by atoms with Gasteiger partial charge >= 0.3 is 5.00 Å². The molecule has 10 heteroatoms. The van der Waals surface area contributed by atoms with E-state index in [0.717, 1.165) is 37.0 Å². The molecule has 0 saturated carbocycles. The van der Waals surface area contributed by atoms with Gasteiger partial charge in [-0.1, -0.05) is 31.1 Å². The lowest BCUT2D eigenvalue weighted by molar-refractivity contribution is -0.380. The number of nitrogens with two attached hydrogens (primary N) is 1. The minimum atomic E-state index is -0.538. The van der Waals surface area contributed by atoms with Crippen molar-refractivity contribution < 1.29 is 14.5 Å². The van der Waals surface area contributed by atoms with Gasteiger partial charge in [0, 0.05) is 25.2 Å². The fourth-order valence-corrected chi connectivity index (χ4v) is 3.74. The summed E-state index contributed by atoms with van der Waals surface area (Å²) in [6.45, 7) is 2.92. The zero-order valence-corrected chi connectivity index (χ0v) is 16.3. The zero-order valence-electron chi connectivity index (χ0n) is 14.7. The normalized spacial score (nSPS) is 17.5. The number of carbonyl (C=O) groups excluding carboxylic acids is 2. The van der Waals surface area contributed by atoms with Gasteiger partial charge < -0.3 is 16.0 Å². The van der Waals surface area contributed by atoms with E-state index in [-0.39, 0.29) is 40.1 Å². The van der Waals surface area contributed by atoms with Crippen LogP contribution in [-0.2, 0) is 4.79 Å². The van der Waals surface area contributed by atoms with Gasteiger partial charge in [0.15, 0.2) is 0 Å². The highest BCUT2D eigenvalue weighted by atomic mass is 35.5. The van der Waals surface area contributed by atoms with Crippen LogP contribution in [0, 0.1) is 10.1 Å². The molecule has 146 valence electrons. The Balaban J connectivity index is 0.00000338. The first-order chi connectivity index (χ1) is 12.0. The van der Waals surface area contributed by atoms with E-state index < -0.39 is 11.0 Å². The van der Waals surface area contributed by atoms with E-state index in [1.54, 1.807) is 0 Å². The van der Waals surface area contributed by atoms with Gasteiger partial charge in [-0.2, -0.15) is 0 Å². The first kappa shape index (κ1) is 22.3. The predicted octanol–water partition coefficient (Wildman–Crippen LogP) is 2.32. The van der Waals surface area contributed by atoms with Crippen molar-refractivity contribution in [3.63, 3.8) is 0 Å². The number of thiophene rings is 1. The summed E-state index contributed by atoms with van der Waals surface area (Å²) in [6, 6.07) is 2.14. The molecule has 0 bridgehead atoms. The van der Waals surface area contributed by atoms with E-state index in [1.165, 1.54) is 17.0 Å². The van der Waals surface area contributed by atoms with E-state index in [0.29, 0.717) is 19.5 Å². The predicted molar refractivity (Wildman–Crippen MR) is 103 cm³/mol. The maximum absolute atomic E-state index is 12.6. The van der Waals surface area contributed by atoms with Crippen LogP contribution in [0.25, 0.3) is 0 Å². The van der Waals surface area contributed by atoms with Crippen molar-refractivity contribution >= 4 is 40.6 Å². The fraction of sp³-hybridized carbons (Fsp3) is 0.625. The van der Waals surface area contributed by atoms with Crippen LogP contribution in [0.2, 0.25) is 0 Å². The van der Waals surface area contributed by atoms with Crippen molar-refractivity contribution in [1.82, 2.24) is 10.2 Å². The molecule has 0 aromatic carbocycles. The Morgan fingerprint density at radius 1 is 1.50 bits per heavy atom. The molecule has 1 aliphatic rings. The Kier molecular flexibility index (Phi) is 8.97. The minimum absolute atomic E-state index is 0. The Hall–Kier alpha value is -1.71. The molecule has 1 aliphatic heterocycles. The number of nitrogens with zero attached hydrogens (tertiary/aromatic N) is 2. The quantitative estimate of drug-likeness (QED) is 0.509. The van der Waals surface area contributed by atoms with Crippen LogP contribution in [-0.4, -0.2) is 46.8 Å². The monoisotopic (exact) mass is 404 g/mol. The number of halogens is 1. The number of amides is 2. The standard InChI is InChI=1S/C16H24N4O4S.ClH/c1-2-3-5-11(10-17)18-15(21)12-6-4-9-19(12)16(22)13-7-8-14(25-13)20(23)24;/h7-8,11-12H,2-6,9-10,17H2,1H3,(H,18,21);1H. The lowest BCUT2D eigenvalue weighted by Crippen LogP contribution is -2.50. The maximum atomic E-state index is 12.6. The molecule has 2 rings (SSSR count). The Labute approximate surface area is 162 Å². The second-order valence-electron chi connectivity index (χ2n) is 6.14. The summed E-state index contributed by atoms with van der Waals surface area (Å²) in [5.74, 6) is -0.517. The average molecular weight is 405 g/mol. The number of unbranched alkanes of at least 4 members (excludes halogenated alkanes) is 1. The van der Waals surface area contributed by atoms with Gasteiger partial charge in [0.05, 0.1) is 9.80 Å². The summed E-state index contributed by atoms with van der Waals surface area (Å²) in [7, 11) is 0. The number of hydrogen-bond donors (Lipinski definition) is 2. The maximum Gasteiger partial charge on any atom is 0.324 e. The summed E-state index contributed by atoms with van der Waals surface area (Å²) in [5.41, 5.74) is 5.72. The third kappa shape index (κ3) is 5.39. The number of likely N-dealkylation sites (tertiary alicyclic amines) is 1. The van der Waals surface area contributed by atoms with Crippen LogP contribution >= 0.6 is 23.7 Å². The largest absolute Gasteiger partial charge is 0.350 e. The lowest BCUT2D eigenvalue weighted by Gasteiger charge is -2.26. The molecule has 1 saturated heterocycles. The van der Waals surface area contributed by atoms with Crippen LogP contribution in [0.5, 0.6) is 0 Å². The molecule has 1 aromatic heterocycles. The van der Waals surface area contributed by atoms with Gasteiger partial charge in [0.1, 0.15) is 6.04 Å². The Morgan fingerprint density at radius 3 is 2.81 bits per heavy atom. The molecular formula is C16H25ClN4O4S.